The minimum absolute atomic E-state index is 0.790. The summed E-state index contributed by atoms with van der Waals surface area (Å²) in [5.74, 6) is 0. The highest BCUT2D eigenvalue weighted by Gasteiger charge is 2.25. The fourth-order valence-corrected chi connectivity index (χ4v) is 6.71. The predicted molar refractivity (Wildman–Crippen MR) is 128 cm³/mol. The van der Waals surface area contributed by atoms with Gasteiger partial charge in [-0.25, -0.2) is 4.98 Å². The van der Waals surface area contributed by atoms with Gasteiger partial charge in [-0.1, -0.05) is 47.7 Å². The van der Waals surface area contributed by atoms with Crippen LogP contribution in [0.25, 0.3) is 10.2 Å². The van der Waals surface area contributed by atoms with Gasteiger partial charge in [0.1, 0.15) is 11.1 Å². The van der Waals surface area contributed by atoms with Crippen molar-refractivity contribution in [3.05, 3.63) is 70.1 Å². The fraction of sp³-hybridized carbons (Fsp3) is 0.217. The Morgan fingerprint density at radius 3 is 2.83 bits per heavy atom. The summed E-state index contributed by atoms with van der Waals surface area (Å²) in [6.07, 6.45) is 2.99. The summed E-state index contributed by atoms with van der Waals surface area (Å²) >= 11 is 5.05. The Labute approximate surface area is 188 Å². The van der Waals surface area contributed by atoms with Crippen molar-refractivity contribution in [2.45, 2.75) is 24.4 Å². The number of benzene rings is 2. The van der Waals surface area contributed by atoms with Gasteiger partial charge in [0.2, 0.25) is 0 Å². The molecule has 30 heavy (non-hydrogen) atoms. The zero-order valence-corrected chi connectivity index (χ0v) is 19.0. The Bertz CT molecular complexity index is 1240. The lowest BCUT2D eigenvalue weighted by Gasteiger charge is -2.26. The number of thioether (sulfide) groups is 1. The van der Waals surface area contributed by atoms with Crippen LogP contribution in [0.3, 0.4) is 0 Å². The molecule has 0 spiro atoms. The van der Waals surface area contributed by atoms with E-state index in [-0.39, 0.29) is 0 Å². The SMILES string of the molecule is CSc1cccc2sc(Nc3sc4c(c3C#N)CCN(Cc3ccccc3)C4)nc12. The van der Waals surface area contributed by atoms with Crippen molar-refractivity contribution >= 4 is 54.8 Å². The topological polar surface area (TPSA) is 52.0 Å². The molecule has 150 valence electrons. The van der Waals surface area contributed by atoms with E-state index in [9.17, 15) is 5.26 Å². The molecule has 4 nitrogen and oxygen atoms in total. The monoisotopic (exact) mass is 448 g/mol. The van der Waals surface area contributed by atoms with Crippen LogP contribution >= 0.6 is 34.4 Å². The third-order valence-corrected chi connectivity index (χ3v) is 8.16. The van der Waals surface area contributed by atoms with E-state index in [4.69, 9.17) is 4.98 Å². The Morgan fingerprint density at radius 1 is 1.17 bits per heavy atom. The molecule has 0 unspecified atom stereocenters. The quantitative estimate of drug-likeness (QED) is 0.366. The summed E-state index contributed by atoms with van der Waals surface area (Å²) in [6.45, 7) is 2.81. The van der Waals surface area contributed by atoms with E-state index in [0.29, 0.717) is 0 Å². The lowest BCUT2D eigenvalue weighted by atomic mass is 10.0. The number of nitriles is 1. The maximum atomic E-state index is 9.85. The van der Waals surface area contributed by atoms with Crippen molar-refractivity contribution in [1.82, 2.24) is 9.88 Å². The molecule has 1 aliphatic heterocycles. The molecule has 0 bridgehead atoms. The van der Waals surface area contributed by atoms with Gasteiger partial charge in [0.15, 0.2) is 5.13 Å². The van der Waals surface area contributed by atoms with E-state index in [1.54, 1.807) is 34.4 Å². The molecule has 0 fully saturated rings. The van der Waals surface area contributed by atoms with Crippen molar-refractivity contribution in [3.63, 3.8) is 0 Å². The Balaban J connectivity index is 1.41. The van der Waals surface area contributed by atoms with E-state index < -0.39 is 0 Å². The number of nitrogens with one attached hydrogen (secondary N) is 1. The van der Waals surface area contributed by atoms with Gasteiger partial charge in [-0.05, 0) is 35.9 Å². The van der Waals surface area contributed by atoms with Crippen molar-refractivity contribution in [1.29, 1.82) is 5.26 Å². The third kappa shape index (κ3) is 3.72. The van der Waals surface area contributed by atoms with Gasteiger partial charge in [0.25, 0.3) is 0 Å². The summed E-state index contributed by atoms with van der Waals surface area (Å²) in [7, 11) is 0. The highest BCUT2D eigenvalue weighted by atomic mass is 32.2. The number of anilines is 2. The molecule has 0 aliphatic carbocycles. The Hall–Kier alpha value is -2.37. The summed E-state index contributed by atoms with van der Waals surface area (Å²) in [5, 5.41) is 15.1. The van der Waals surface area contributed by atoms with Crippen LogP contribution < -0.4 is 5.32 Å². The maximum Gasteiger partial charge on any atom is 0.188 e. The molecule has 2 aromatic carbocycles. The van der Waals surface area contributed by atoms with E-state index in [2.05, 4.69) is 71.1 Å². The second-order valence-electron chi connectivity index (χ2n) is 7.22. The lowest BCUT2D eigenvalue weighted by Crippen LogP contribution is -2.29. The standard InChI is InChI=1S/C23H20N4S3/c1-28-18-8-5-9-19-21(18)25-23(30-19)26-22-17(12-24)16-10-11-27(14-20(16)29-22)13-15-6-3-2-4-7-15/h2-9H,10-11,13-14H2,1H3,(H,25,26). The van der Waals surface area contributed by atoms with Crippen molar-refractivity contribution in [2.24, 2.45) is 0 Å². The highest BCUT2D eigenvalue weighted by molar-refractivity contribution is 7.98. The summed E-state index contributed by atoms with van der Waals surface area (Å²) in [4.78, 5) is 9.74. The van der Waals surface area contributed by atoms with Gasteiger partial charge in [0.05, 0.1) is 15.8 Å². The first kappa shape index (κ1) is 19.6. The van der Waals surface area contributed by atoms with Crippen LogP contribution in [0.15, 0.2) is 53.4 Å². The van der Waals surface area contributed by atoms with E-state index in [0.717, 1.165) is 47.3 Å². The second kappa shape index (κ2) is 8.40. The zero-order chi connectivity index (χ0) is 20.5. The van der Waals surface area contributed by atoms with Crippen LogP contribution in [0, 0.1) is 11.3 Å². The van der Waals surface area contributed by atoms with E-state index in [1.807, 2.05) is 0 Å². The molecule has 4 aromatic rings. The average molecular weight is 449 g/mol. The first-order valence-corrected chi connectivity index (χ1v) is 12.6. The molecule has 0 atom stereocenters. The number of thiazole rings is 1. The predicted octanol–water partition coefficient (Wildman–Crippen LogP) is 6.25. The van der Waals surface area contributed by atoms with Gasteiger partial charge in [0, 0.05) is 29.4 Å². The number of fused-ring (bicyclic) bond motifs is 2. The van der Waals surface area contributed by atoms with Gasteiger partial charge in [-0.15, -0.1) is 23.1 Å². The number of nitrogens with zero attached hydrogens (tertiary/aromatic N) is 3. The first-order valence-electron chi connectivity index (χ1n) is 9.76. The number of rotatable bonds is 5. The number of aromatic nitrogens is 1. The van der Waals surface area contributed by atoms with Crippen LogP contribution in [0.4, 0.5) is 10.1 Å². The molecule has 1 N–H and O–H groups in total. The van der Waals surface area contributed by atoms with E-state index >= 15 is 0 Å². The Kier molecular flexibility index (Phi) is 5.48. The minimum Gasteiger partial charge on any atom is -0.322 e. The number of hydrogen-bond acceptors (Lipinski definition) is 7. The van der Waals surface area contributed by atoms with Gasteiger partial charge in [-0.2, -0.15) is 5.26 Å². The molecule has 0 amide bonds. The van der Waals surface area contributed by atoms with E-state index in [1.165, 1.54) is 25.6 Å². The number of para-hydroxylation sites is 1. The zero-order valence-electron chi connectivity index (χ0n) is 16.5. The normalized spacial score (nSPS) is 13.9. The molecule has 0 saturated carbocycles. The minimum atomic E-state index is 0.790. The number of hydrogen-bond donors (Lipinski definition) is 1. The van der Waals surface area contributed by atoms with Gasteiger partial charge >= 0.3 is 0 Å². The molecule has 5 rings (SSSR count). The highest BCUT2D eigenvalue weighted by Crippen LogP contribution is 2.40. The van der Waals surface area contributed by atoms with Crippen LogP contribution in [0.1, 0.15) is 21.6 Å². The molecule has 0 radical (unpaired) electrons. The first-order chi connectivity index (χ1) is 14.7. The van der Waals surface area contributed by atoms with Crippen LogP contribution in [0.5, 0.6) is 0 Å². The molecule has 2 aromatic heterocycles. The van der Waals surface area contributed by atoms with Crippen LogP contribution in [-0.2, 0) is 19.5 Å². The maximum absolute atomic E-state index is 9.85. The molecule has 1 aliphatic rings. The largest absolute Gasteiger partial charge is 0.322 e. The van der Waals surface area contributed by atoms with Crippen molar-refractivity contribution < 1.29 is 0 Å². The Morgan fingerprint density at radius 2 is 2.03 bits per heavy atom. The number of thiophene rings is 1. The second-order valence-corrected chi connectivity index (χ2v) is 10.2. The molecule has 7 heteroatoms. The summed E-state index contributed by atoms with van der Waals surface area (Å²) in [6, 6.07) is 19.3. The van der Waals surface area contributed by atoms with Gasteiger partial charge in [-0.3, -0.25) is 4.90 Å². The fourth-order valence-electron chi connectivity index (χ4n) is 3.88. The molecular weight excluding hydrogens is 428 g/mol. The third-order valence-electron chi connectivity index (χ3n) is 5.32. The van der Waals surface area contributed by atoms with Gasteiger partial charge < -0.3 is 5.32 Å². The van der Waals surface area contributed by atoms with Crippen LogP contribution in [-0.4, -0.2) is 22.7 Å². The summed E-state index contributed by atoms with van der Waals surface area (Å²) in [5.41, 5.74) is 4.36. The molecular formula is C23H20N4S3. The molecule has 3 heterocycles. The van der Waals surface area contributed by atoms with Crippen molar-refractivity contribution in [3.8, 4) is 6.07 Å². The van der Waals surface area contributed by atoms with Crippen LogP contribution in [0.2, 0.25) is 0 Å². The van der Waals surface area contributed by atoms with Crippen molar-refractivity contribution in [2.75, 3.05) is 18.1 Å². The smallest absolute Gasteiger partial charge is 0.188 e. The average Bonchev–Trinajstić information content (AvgIpc) is 3.34. The lowest BCUT2D eigenvalue weighted by molar-refractivity contribution is 0.249. The summed E-state index contributed by atoms with van der Waals surface area (Å²) < 4.78 is 1.17. The molecule has 0 saturated heterocycles.